The van der Waals surface area contributed by atoms with Crippen molar-refractivity contribution < 1.29 is 18.8 Å². The number of carbonyl (C=O) groups is 1. The molecule has 3 aromatic rings. The molecular weight excluding hydrogens is 491 g/mol. The molecule has 1 fully saturated rings. The van der Waals surface area contributed by atoms with E-state index < -0.39 is 22.2 Å². The minimum absolute atomic E-state index is 0.0331. The molecule has 0 spiro atoms. The van der Waals surface area contributed by atoms with E-state index in [1.165, 1.54) is 55.8 Å². The van der Waals surface area contributed by atoms with Gasteiger partial charge in [0.1, 0.15) is 22.9 Å². The highest BCUT2D eigenvalue weighted by atomic mass is 19.1. The molecule has 1 saturated carbocycles. The van der Waals surface area contributed by atoms with E-state index in [2.05, 4.69) is 5.32 Å². The monoisotopic (exact) mass is 524 g/mol. The first kappa shape index (κ1) is 28.4. The molecule has 1 heterocycles. The van der Waals surface area contributed by atoms with Crippen molar-refractivity contribution in [1.29, 1.82) is 0 Å². The van der Waals surface area contributed by atoms with Crippen LogP contribution in [0.15, 0.2) is 41.2 Å². The van der Waals surface area contributed by atoms with E-state index in [1.54, 1.807) is 24.9 Å². The first-order valence-corrected chi connectivity index (χ1v) is 12.5. The van der Waals surface area contributed by atoms with E-state index >= 15 is 0 Å². The van der Waals surface area contributed by atoms with Gasteiger partial charge in [-0.2, -0.15) is 0 Å². The Morgan fingerprint density at radius 2 is 1.82 bits per heavy atom. The van der Waals surface area contributed by atoms with Crippen LogP contribution < -0.4 is 15.6 Å². The molecule has 0 saturated heterocycles. The first-order valence-electron chi connectivity index (χ1n) is 12.5. The van der Waals surface area contributed by atoms with Crippen molar-refractivity contribution >= 4 is 23.1 Å². The number of benzene rings is 2. The Morgan fingerprint density at radius 1 is 1.16 bits per heavy atom. The van der Waals surface area contributed by atoms with Crippen LogP contribution in [0.25, 0.3) is 0 Å². The van der Waals surface area contributed by atoms with E-state index in [9.17, 15) is 24.1 Å². The quantitative estimate of drug-likeness (QED) is 0.293. The van der Waals surface area contributed by atoms with Crippen LogP contribution in [0.2, 0.25) is 0 Å². The van der Waals surface area contributed by atoms with Gasteiger partial charge in [0, 0.05) is 26.2 Å². The summed E-state index contributed by atoms with van der Waals surface area (Å²) < 4.78 is 22.1. The second-order valence-corrected chi connectivity index (χ2v) is 9.06. The fraction of sp³-hybridized carbons (Fsp3) is 0.357. The van der Waals surface area contributed by atoms with Crippen molar-refractivity contribution in [3.8, 4) is 11.5 Å². The molecule has 1 aliphatic rings. The fourth-order valence-electron chi connectivity index (χ4n) is 4.06. The van der Waals surface area contributed by atoms with Gasteiger partial charge < -0.3 is 15.0 Å². The SMILES string of the molecule is CC.Cc1ccc(Nc2c(C(=O)N(C)C3CC3)c(Oc3cccc([N+](=O)[O-])c3C)c(C)c(=O)n2C)c(F)c1. The Hall–Kier alpha value is -4.21. The molecule has 202 valence electrons. The third-order valence-corrected chi connectivity index (χ3v) is 6.44. The van der Waals surface area contributed by atoms with E-state index in [1.807, 2.05) is 13.8 Å². The van der Waals surface area contributed by atoms with Crippen LogP contribution in [0.1, 0.15) is 53.7 Å². The van der Waals surface area contributed by atoms with Crippen molar-refractivity contribution in [1.82, 2.24) is 9.47 Å². The summed E-state index contributed by atoms with van der Waals surface area (Å²) in [4.78, 5) is 39.4. The molecular formula is C28H33FN4O5. The van der Waals surface area contributed by atoms with E-state index in [4.69, 9.17) is 4.74 Å². The number of anilines is 2. The number of hydrogen-bond donors (Lipinski definition) is 1. The summed E-state index contributed by atoms with van der Waals surface area (Å²) in [5, 5.41) is 14.4. The number of nitro benzene ring substituents is 1. The minimum atomic E-state index is -0.547. The summed E-state index contributed by atoms with van der Waals surface area (Å²) in [6.07, 6.45) is 1.70. The van der Waals surface area contributed by atoms with Crippen LogP contribution in [0, 0.1) is 36.7 Å². The molecule has 4 rings (SSSR count). The summed E-state index contributed by atoms with van der Waals surface area (Å²) in [6.45, 7) is 8.80. The van der Waals surface area contributed by atoms with Gasteiger partial charge in [-0.1, -0.05) is 26.0 Å². The number of aryl methyl sites for hydroxylation is 1. The number of nitro groups is 1. The predicted molar refractivity (Wildman–Crippen MR) is 145 cm³/mol. The summed E-state index contributed by atoms with van der Waals surface area (Å²) in [5.41, 5.74) is 0.605. The highest BCUT2D eigenvalue weighted by Gasteiger charge is 2.35. The van der Waals surface area contributed by atoms with Gasteiger partial charge in [-0.3, -0.25) is 24.3 Å². The van der Waals surface area contributed by atoms with Crippen molar-refractivity contribution in [2.24, 2.45) is 7.05 Å². The molecule has 0 radical (unpaired) electrons. The van der Waals surface area contributed by atoms with Crippen LogP contribution in [0.3, 0.4) is 0 Å². The second-order valence-electron chi connectivity index (χ2n) is 9.06. The number of halogens is 1. The molecule has 1 aromatic heterocycles. The summed E-state index contributed by atoms with van der Waals surface area (Å²) in [5.74, 6) is -0.799. The standard InChI is InChI=1S/C26H27FN4O5.C2H6/c1-14-9-12-19(18(27)13-14)28-24-22(26(33)29(4)17-10-11-17)23(16(3)25(32)30(24)5)36-21-8-6-7-20(15(21)2)31(34)35;1-2/h6-9,12-13,17,28H,10-11H2,1-5H3;1-2H3. The molecule has 0 aliphatic heterocycles. The minimum Gasteiger partial charge on any atom is -0.455 e. The maximum absolute atomic E-state index is 14.8. The number of aromatic nitrogens is 1. The molecule has 10 heteroatoms. The Labute approximate surface area is 221 Å². The topological polar surface area (TPSA) is 107 Å². The maximum atomic E-state index is 14.8. The van der Waals surface area contributed by atoms with Gasteiger partial charge in [0.2, 0.25) is 0 Å². The number of hydrogen-bond acceptors (Lipinski definition) is 6. The normalized spacial score (nSPS) is 12.3. The Morgan fingerprint density at radius 3 is 2.39 bits per heavy atom. The van der Waals surface area contributed by atoms with Gasteiger partial charge in [0.15, 0.2) is 5.75 Å². The zero-order valence-corrected chi connectivity index (χ0v) is 22.7. The molecule has 9 nitrogen and oxygen atoms in total. The number of ether oxygens (including phenoxy) is 1. The molecule has 0 atom stereocenters. The van der Waals surface area contributed by atoms with E-state index in [-0.39, 0.29) is 51.4 Å². The van der Waals surface area contributed by atoms with Crippen molar-refractivity contribution in [3.63, 3.8) is 0 Å². The number of pyridine rings is 1. The molecule has 1 amide bonds. The fourth-order valence-corrected chi connectivity index (χ4v) is 4.06. The van der Waals surface area contributed by atoms with Crippen LogP contribution in [0.5, 0.6) is 11.5 Å². The zero-order chi connectivity index (χ0) is 28.3. The highest BCUT2D eigenvalue weighted by Crippen LogP contribution is 2.39. The Balaban J connectivity index is 0.00000195. The maximum Gasteiger partial charge on any atom is 0.276 e. The van der Waals surface area contributed by atoms with Crippen molar-refractivity contribution in [3.05, 3.63) is 84.9 Å². The number of nitrogens with one attached hydrogen (secondary N) is 1. The number of amides is 1. The van der Waals surface area contributed by atoms with Gasteiger partial charge in [-0.25, -0.2) is 4.39 Å². The lowest BCUT2D eigenvalue weighted by atomic mass is 10.1. The number of carbonyl (C=O) groups excluding carboxylic acids is 1. The number of nitrogens with zero attached hydrogens (tertiary/aromatic N) is 3. The second kappa shape index (κ2) is 11.5. The van der Waals surface area contributed by atoms with Crippen molar-refractivity contribution in [2.45, 2.75) is 53.5 Å². The lowest BCUT2D eigenvalue weighted by Gasteiger charge is -2.24. The van der Waals surface area contributed by atoms with Crippen LogP contribution in [-0.2, 0) is 7.05 Å². The van der Waals surface area contributed by atoms with Crippen molar-refractivity contribution in [2.75, 3.05) is 12.4 Å². The third kappa shape index (κ3) is 5.53. The number of rotatable bonds is 7. The molecule has 0 bridgehead atoms. The molecule has 2 aromatic carbocycles. The summed E-state index contributed by atoms with van der Waals surface area (Å²) in [7, 11) is 3.15. The Bertz CT molecular complexity index is 1450. The lowest BCUT2D eigenvalue weighted by molar-refractivity contribution is -0.385. The molecule has 38 heavy (non-hydrogen) atoms. The zero-order valence-electron chi connectivity index (χ0n) is 22.7. The largest absolute Gasteiger partial charge is 0.455 e. The summed E-state index contributed by atoms with van der Waals surface area (Å²) >= 11 is 0. The van der Waals surface area contributed by atoms with Gasteiger partial charge in [0.25, 0.3) is 17.2 Å². The van der Waals surface area contributed by atoms with Gasteiger partial charge in [-0.15, -0.1) is 0 Å². The average Bonchev–Trinajstić information content (AvgIpc) is 3.74. The summed E-state index contributed by atoms with van der Waals surface area (Å²) in [6, 6.07) is 8.97. The molecule has 1 aliphatic carbocycles. The van der Waals surface area contributed by atoms with E-state index in [0.29, 0.717) is 5.56 Å². The molecule has 0 unspecified atom stereocenters. The van der Waals surface area contributed by atoms with Crippen LogP contribution in [0.4, 0.5) is 21.6 Å². The molecule has 1 N–H and O–H groups in total. The lowest BCUT2D eigenvalue weighted by Crippen LogP contribution is -2.33. The highest BCUT2D eigenvalue weighted by molar-refractivity contribution is 6.03. The third-order valence-electron chi connectivity index (χ3n) is 6.44. The van der Waals surface area contributed by atoms with Gasteiger partial charge >= 0.3 is 0 Å². The van der Waals surface area contributed by atoms with Crippen LogP contribution in [-0.4, -0.2) is 33.4 Å². The van der Waals surface area contributed by atoms with Gasteiger partial charge in [0.05, 0.1) is 21.7 Å². The first-order chi connectivity index (χ1) is 18.0. The van der Waals surface area contributed by atoms with Crippen LogP contribution >= 0.6 is 0 Å². The Kier molecular flexibility index (Phi) is 8.55. The van der Waals surface area contributed by atoms with Gasteiger partial charge in [-0.05, 0) is 57.4 Å². The van der Waals surface area contributed by atoms with E-state index in [0.717, 1.165) is 12.8 Å². The average molecular weight is 525 g/mol. The predicted octanol–water partition coefficient (Wildman–Crippen LogP) is 6.15. The smallest absolute Gasteiger partial charge is 0.276 e.